The number of para-hydroxylation sites is 1. The molecule has 0 heterocycles. The molecule has 198 valence electrons. The van der Waals surface area contributed by atoms with Crippen LogP contribution in [0.2, 0.25) is 10.0 Å². The standard InChI is InChI=1S/C25H32Cl2FN3O4S/c1-5-22(25(33)29-17(2)3)30(16-18-12-13-19(26)15-20(18)27)24(32)11-8-14-31(36(4,34)35)23-10-7-6-9-21(23)28/h6-7,9-10,12-13,15,17,22H,5,8,11,14,16H2,1-4H3,(H,29,33)/t22-/m1/s1. The molecule has 0 aliphatic heterocycles. The molecule has 11 heteroatoms. The van der Waals surface area contributed by atoms with E-state index in [0.717, 1.165) is 10.6 Å². The summed E-state index contributed by atoms with van der Waals surface area (Å²) in [5, 5.41) is 3.65. The second kappa shape index (κ2) is 13.3. The molecule has 0 saturated heterocycles. The predicted octanol–water partition coefficient (Wildman–Crippen LogP) is 5.01. The van der Waals surface area contributed by atoms with Gasteiger partial charge < -0.3 is 10.2 Å². The van der Waals surface area contributed by atoms with E-state index in [0.29, 0.717) is 22.0 Å². The van der Waals surface area contributed by atoms with E-state index in [1.807, 2.05) is 13.8 Å². The Kier molecular flexibility index (Phi) is 11.0. The molecule has 7 nitrogen and oxygen atoms in total. The van der Waals surface area contributed by atoms with Gasteiger partial charge in [0.25, 0.3) is 0 Å². The smallest absolute Gasteiger partial charge is 0.243 e. The third kappa shape index (κ3) is 8.35. The molecule has 0 aliphatic carbocycles. The first-order valence-electron chi connectivity index (χ1n) is 11.6. The average Bonchev–Trinajstić information content (AvgIpc) is 2.77. The molecule has 36 heavy (non-hydrogen) atoms. The third-order valence-electron chi connectivity index (χ3n) is 5.45. The van der Waals surface area contributed by atoms with Gasteiger partial charge in [-0.2, -0.15) is 0 Å². The van der Waals surface area contributed by atoms with Crippen LogP contribution in [0.1, 0.15) is 45.6 Å². The van der Waals surface area contributed by atoms with Gasteiger partial charge in [0.05, 0.1) is 11.9 Å². The molecule has 0 radical (unpaired) electrons. The van der Waals surface area contributed by atoms with Gasteiger partial charge >= 0.3 is 0 Å². The van der Waals surface area contributed by atoms with E-state index in [2.05, 4.69) is 5.32 Å². The zero-order chi connectivity index (χ0) is 27.0. The van der Waals surface area contributed by atoms with Crippen LogP contribution in [-0.4, -0.2) is 50.0 Å². The van der Waals surface area contributed by atoms with Crippen LogP contribution in [0.15, 0.2) is 42.5 Å². The highest BCUT2D eigenvalue weighted by molar-refractivity contribution is 7.92. The van der Waals surface area contributed by atoms with Crippen molar-refractivity contribution in [2.45, 2.75) is 58.7 Å². The quantitative estimate of drug-likeness (QED) is 0.396. The Labute approximate surface area is 222 Å². The number of sulfonamides is 1. The van der Waals surface area contributed by atoms with Crippen molar-refractivity contribution in [2.75, 3.05) is 17.1 Å². The summed E-state index contributed by atoms with van der Waals surface area (Å²) < 4.78 is 39.9. The molecule has 2 rings (SSSR count). The zero-order valence-electron chi connectivity index (χ0n) is 20.8. The van der Waals surface area contributed by atoms with Crippen molar-refractivity contribution in [1.82, 2.24) is 10.2 Å². The molecule has 0 aliphatic rings. The summed E-state index contributed by atoms with van der Waals surface area (Å²) in [6.07, 6.45) is 1.41. The number of hydrogen-bond donors (Lipinski definition) is 1. The Bertz CT molecular complexity index is 1180. The zero-order valence-corrected chi connectivity index (χ0v) is 23.1. The summed E-state index contributed by atoms with van der Waals surface area (Å²) in [6.45, 7) is 5.43. The number of rotatable bonds is 12. The van der Waals surface area contributed by atoms with Gasteiger partial charge in [0.15, 0.2) is 0 Å². The minimum atomic E-state index is -3.79. The van der Waals surface area contributed by atoms with Crippen LogP contribution in [0.25, 0.3) is 0 Å². The van der Waals surface area contributed by atoms with Gasteiger partial charge in [-0.05, 0) is 56.5 Å². The summed E-state index contributed by atoms with van der Waals surface area (Å²) in [5.41, 5.74) is 0.536. The summed E-state index contributed by atoms with van der Waals surface area (Å²) in [5.74, 6) is -1.33. The molecule has 2 amide bonds. The van der Waals surface area contributed by atoms with Crippen molar-refractivity contribution in [3.05, 3.63) is 63.9 Å². The largest absolute Gasteiger partial charge is 0.352 e. The van der Waals surface area contributed by atoms with Crippen molar-refractivity contribution in [1.29, 1.82) is 0 Å². The van der Waals surface area contributed by atoms with Crippen LogP contribution in [-0.2, 0) is 26.2 Å². The first kappa shape index (κ1) is 29.9. The van der Waals surface area contributed by atoms with Gasteiger partial charge in [0.1, 0.15) is 11.9 Å². The van der Waals surface area contributed by atoms with Crippen molar-refractivity contribution in [2.24, 2.45) is 0 Å². The normalized spacial score (nSPS) is 12.3. The molecule has 0 aromatic heterocycles. The monoisotopic (exact) mass is 559 g/mol. The highest BCUT2D eigenvalue weighted by Gasteiger charge is 2.30. The molecular weight excluding hydrogens is 528 g/mol. The molecule has 0 fully saturated rings. The van der Waals surface area contributed by atoms with Crippen LogP contribution in [0, 0.1) is 5.82 Å². The maximum Gasteiger partial charge on any atom is 0.243 e. The summed E-state index contributed by atoms with van der Waals surface area (Å²) in [7, 11) is -3.79. The molecule has 1 N–H and O–H groups in total. The van der Waals surface area contributed by atoms with Crippen molar-refractivity contribution >= 4 is 50.7 Å². The minimum absolute atomic E-state index is 0.0584. The highest BCUT2D eigenvalue weighted by Crippen LogP contribution is 2.25. The van der Waals surface area contributed by atoms with Crippen molar-refractivity contribution in [3.8, 4) is 0 Å². The lowest BCUT2D eigenvalue weighted by molar-refractivity contribution is -0.141. The summed E-state index contributed by atoms with van der Waals surface area (Å²) >= 11 is 12.3. The average molecular weight is 561 g/mol. The van der Waals surface area contributed by atoms with E-state index in [1.165, 1.54) is 23.1 Å². The van der Waals surface area contributed by atoms with Crippen LogP contribution in [0.5, 0.6) is 0 Å². The van der Waals surface area contributed by atoms with Crippen LogP contribution < -0.4 is 9.62 Å². The van der Waals surface area contributed by atoms with Gasteiger partial charge in [0.2, 0.25) is 21.8 Å². The number of nitrogens with one attached hydrogen (secondary N) is 1. The molecule has 0 bridgehead atoms. The highest BCUT2D eigenvalue weighted by atomic mass is 35.5. The molecule has 0 spiro atoms. The van der Waals surface area contributed by atoms with Gasteiger partial charge in [-0.1, -0.05) is 48.3 Å². The number of hydrogen-bond acceptors (Lipinski definition) is 4. The van der Waals surface area contributed by atoms with E-state index in [9.17, 15) is 22.4 Å². The fraction of sp³-hybridized carbons (Fsp3) is 0.440. The van der Waals surface area contributed by atoms with Crippen molar-refractivity contribution < 1.29 is 22.4 Å². The topological polar surface area (TPSA) is 86.8 Å². The minimum Gasteiger partial charge on any atom is -0.352 e. The van der Waals surface area contributed by atoms with Crippen LogP contribution in [0.3, 0.4) is 0 Å². The Morgan fingerprint density at radius 3 is 2.33 bits per heavy atom. The lowest BCUT2D eigenvalue weighted by Gasteiger charge is -2.32. The Morgan fingerprint density at radius 1 is 1.11 bits per heavy atom. The second-order valence-corrected chi connectivity index (χ2v) is 11.5. The van der Waals surface area contributed by atoms with Gasteiger partial charge in [-0.15, -0.1) is 0 Å². The van der Waals surface area contributed by atoms with E-state index in [1.54, 1.807) is 31.2 Å². The first-order valence-corrected chi connectivity index (χ1v) is 14.2. The molecular formula is C25H32Cl2FN3O4S. The van der Waals surface area contributed by atoms with Gasteiger partial charge in [-0.3, -0.25) is 13.9 Å². The number of nitrogens with zero attached hydrogens (tertiary/aromatic N) is 2. The summed E-state index contributed by atoms with van der Waals surface area (Å²) in [4.78, 5) is 27.7. The molecule has 0 unspecified atom stereocenters. The van der Waals surface area contributed by atoms with Crippen LogP contribution in [0.4, 0.5) is 10.1 Å². The number of anilines is 1. The summed E-state index contributed by atoms with van der Waals surface area (Å²) in [6, 6.07) is 9.59. The Balaban J connectivity index is 2.27. The van der Waals surface area contributed by atoms with Crippen LogP contribution >= 0.6 is 23.2 Å². The maximum atomic E-state index is 14.3. The fourth-order valence-corrected chi connectivity index (χ4v) is 5.20. The van der Waals surface area contributed by atoms with E-state index in [-0.39, 0.29) is 49.5 Å². The predicted molar refractivity (Wildman–Crippen MR) is 142 cm³/mol. The number of carbonyl (C=O) groups excluding carboxylic acids is 2. The van der Waals surface area contributed by atoms with Gasteiger partial charge in [-0.25, -0.2) is 12.8 Å². The van der Waals surface area contributed by atoms with E-state index in [4.69, 9.17) is 23.2 Å². The number of amides is 2. The van der Waals surface area contributed by atoms with E-state index < -0.39 is 21.9 Å². The third-order valence-corrected chi connectivity index (χ3v) is 7.21. The molecule has 0 saturated carbocycles. The maximum absolute atomic E-state index is 14.3. The van der Waals surface area contributed by atoms with E-state index >= 15 is 0 Å². The fourth-order valence-electron chi connectivity index (χ4n) is 3.77. The number of halogens is 3. The molecule has 1 atom stereocenters. The lowest BCUT2D eigenvalue weighted by atomic mass is 10.1. The van der Waals surface area contributed by atoms with Gasteiger partial charge in [0, 0.05) is 35.6 Å². The lowest BCUT2D eigenvalue weighted by Crippen LogP contribution is -2.50. The molecule has 2 aromatic rings. The molecule has 2 aromatic carbocycles. The Hall–Kier alpha value is -2.36. The second-order valence-electron chi connectivity index (χ2n) is 8.73. The van der Waals surface area contributed by atoms with Crippen molar-refractivity contribution in [3.63, 3.8) is 0 Å². The SMILES string of the molecule is CC[C@H](C(=O)NC(C)C)N(Cc1ccc(Cl)cc1Cl)C(=O)CCCN(c1ccccc1F)S(C)(=O)=O. The first-order chi connectivity index (χ1) is 16.8. The number of carbonyl (C=O) groups is 2. The number of benzene rings is 2. The Morgan fingerprint density at radius 2 is 1.78 bits per heavy atom.